The summed E-state index contributed by atoms with van der Waals surface area (Å²) in [6, 6.07) is 0. The molecule has 0 amide bonds. The second-order valence-electron chi connectivity index (χ2n) is 6.76. The van der Waals surface area contributed by atoms with Crippen molar-refractivity contribution in [1.82, 2.24) is 9.80 Å². The van der Waals surface area contributed by atoms with E-state index in [2.05, 4.69) is 37.5 Å². The minimum atomic E-state index is -0.833. The lowest BCUT2D eigenvalue weighted by Crippen LogP contribution is -2.36. The lowest BCUT2D eigenvalue weighted by Gasteiger charge is -2.26. The molecule has 10 nitrogen and oxygen atoms in total. The van der Waals surface area contributed by atoms with E-state index >= 15 is 0 Å². The first-order valence-corrected chi connectivity index (χ1v) is 10.9. The third kappa shape index (κ3) is 91.2. The predicted molar refractivity (Wildman–Crippen MR) is 127 cm³/mol. The SMILES string of the molecule is CC(=O)O.CC(=O)O.CC(=O)O.CC(=O)O.CCCN(CCC)CCN(CCC)CCC. The van der Waals surface area contributed by atoms with Gasteiger partial charge >= 0.3 is 0 Å². The molecule has 0 aliphatic carbocycles. The molecule has 0 fully saturated rings. The van der Waals surface area contributed by atoms with E-state index in [1.165, 1.54) is 65.0 Å². The minimum Gasteiger partial charge on any atom is -0.481 e. The average molecular weight is 469 g/mol. The van der Waals surface area contributed by atoms with Gasteiger partial charge in [-0.15, -0.1) is 0 Å². The van der Waals surface area contributed by atoms with Crippen LogP contribution in [0.3, 0.4) is 0 Å². The highest BCUT2D eigenvalue weighted by Gasteiger charge is 2.06. The smallest absolute Gasteiger partial charge is 0.300 e. The molecule has 0 saturated heterocycles. The molecule has 0 radical (unpaired) electrons. The Kier molecular flexibility index (Phi) is 42.0. The molecule has 0 unspecified atom stereocenters. The van der Waals surface area contributed by atoms with Gasteiger partial charge in [-0.05, 0) is 51.9 Å². The van der Waals surface area contributed by atoms with Crippen molar-refractivity contribution in [2.24, 2.45) is 0 Å². The average Bonchev–Trinajstić information content (AvgIpc) is 2.58. The zero-order chi connectivity index (χ0) is 26.5. The molecular weight excluding hydrogens is 420 g/mol. The summed E-state index contributed by atoms with van der Waals surface area (Å²) in [6.45, 7) is 21.0. The normalized spacial score (nSPS) is 8.94. The predicted octanol–water partition coefficient (Wildman–Crippen LogP) is 3.59. The number of nitrogens with zero attached hydrogens (tertiary/aromatic N) is 2. The molecule has 10 heteroatoms. The molecule has 0 atom stereocenters. The van der Waals surface area contributed by atoms with Gasteiger partial charge in [-0.2, -0.15) is 0 Å². The molecule has 0 aromatic heterocycles. The van der Waals surface area contributed by atoms with Crippen molar-refractivity contribution < 1.29 is 39.6 Å². The topological polar surface area (TPSA) is 156 Å². The van der Waals surface area contributed by atoms with Gasteiger partial charge < -0.3 is 30.2 Å². The molecule has 0 aliphatic heterocycles. The maximum atomic E-state index is 9.00. The Labute approximate surface area is 194 Å². The summed E-state index contributed by atoms with van der Waals surface area (Å²) in [4.78, 5) is 41.2. The maximum absolute atomic E-state index is 9.00. The quantitative estimate of drug-likeness (QED) is 0.353. The highest BCUT2D eigenvalue weighted by Crippen LogP contribution is 1.98. The number of hydrogen-bond acceptors (Lipinski definition) is 6. The summed E-state index contributed by atoms with van der Waals surface area (Å²) in [5.74, 6) is -3.33. The van der Waals surface area contributed by atoms with Crippen molar-refractivity contribution in [3.63, 3.8) is 0 Å². The van der Waals surface area contributed by atoms with Crippen LogP contribution in [0, 0.1) is 0 Å². The molecular formula is C22H48N2O8. The molecule has 0 saturated carbocycles. The van der Waals surface area contributed by atoms with Gasteiger partial charge in [-0.3, -0.25) is 19.2 Å². The molecule has 0 bridgehead atoms. The fraction of sp³-hybridized carbons (Fsp3) is 0.818. The zero-order valence-corrected chi connectivity index (χ0v) is 21.4. The molecule has 194 valence electrons. The standard InChI is InChI=1S/C14H32N2.4C2H4O2/c1-5-9-15(10-6-2)13-14-16(11-7-3)12-8-4;4*1-2(3)4/h5-14H2,1-4H3;4*1H3,(H,3,4). The Hall–Kier alpha value is -2.20. The lowest BCUT2D eigenvalue weighted by atomic mass is 10.3. The first kappa shape index (κ1) is 40.2. The number of hydrogen-bond donors (Lipinski definition) is 4. The van der Waals surface area contributed by atoms with Crippen LogP contribution in [0.5, 0.6) is 0 Å². The molecule has 0 heterocycles. The number of carbonyl (C=O) groups is 4. The highest BCUT2D eigenvalue weighted by molar-refractivity contribution is 5.63. The molecule has 4 N–H and O–H groups in total. The van der Waals surface area contributed by atoms with Gasteiger partial charge in [0.15, 0.2) is 0 Å². The number of rotatable bonds is 11. The second-order valence-corrected chi connectivity index (χ2v) is 6.76. The van der Waals surface area contributed by atoms with Crippen LogP contribution in [-0.2, 0) is 19.2 Å². The summed E-state index contributed by atoms with van der Waals surface area (Å²) in [6.07, 6.45) is 5.12. The van der Waals surface area contributed by atoms with Crippen molar-refractivity contribution >= 4 is 23.9 Å². The zero-order valence-electron chi connectivity index (χ0n) is 21.4. The van der Waals surface area contributed by atoms with E-state index in [1.807, 2.05) is 0 Å². The molecule has 0 aliphatic rings. The molecule has 0 rings (SSSR count). The Morgan fingerprint density at radius 3 is 0.656 bits per heavy atom. The summed E-state index contributed by atoms with van der Waals surface area (Å²) >= 11 is 0. The Morgan fingerprint density at radius 1 is 0.438 bits per heavy atom. The Balaban J connectivity index is -0.000000123. The summed E-state index contributed by atoms with van der Waals surface area (Å²) < 4.78 is 0. The van der Waals surface area contributed by atoms with Crippen LogP contribution in [0.15, 0.2) is 0 Å². The van der Waals surface area contributed by atoms with Crippen LogP contribution < -0.4 is 0 Å². The summed E-state index contributed by atoms with van der Waals surface area (Å²) in [5.41, 5.74) is 0. The number of aliphatic carboxylic acids is 4. The largest absolute Gasteiger partial charge is 0.481 e. The van der Waals surface area contributed by atoms with Crippen LogP contribution in [0.25, 0.3) is 0 Å². The second kappa shape index (κ2) is 33.4. The van der Waals surface area contributed by atoms with Crippen LogP contribution in [-0.4, -0.2) is 93.4 Å². The van der Waals surface area contributed by atoms with Crippen molar-refractivity contribution in [3.8, 4) is 0 Å². The Bertz CT molecular complexity index is 354. The van der Waals surface area contributed by atoms with Crippen LogP contribution in [0.2, 0.25) is 0 Å². The number of carboxylic acid groups (broad SMARTS) is 4. The molecule has 0 spiro atoms. The van der Waals surface area contributed by atoms with Gasteiger partial charge in [0, 0.05) is 40.8 Å². The van der Waals surface area contributed by atoms with E-state index in [1.54, 1.807) is 0 Å². The van der Waals surface area contributed by atoms with E-state index in [0.29, 0.717) is 0 Å². The van der Waals surface area contributed by atoms with Crippen LogP contribution in [0.4, 0.5) is 0 Å². The first-order chi connectivity index (χ1) is 14.7. The van der Waals surface area contributed by atoms with Crippen molar-refractivity contribution in [2.45, 2.75) is 81.1 Å². The van der Waals surface area contributed by atoms with Gasteiger partial charge in [0.2, 0.25) is 0 Å². The van der Waals surface area contributed by atoms with Crippen molar-refractivity contribution in [3.05, 3.63) is 0 Å². The van der Waals surface area contributed by atoms with Crippen LogP contribution >= 0.6 is 0 Å². The van der Waals surface area contributed by atoms with E-state index < -0.39 is 23.9 Å². The summed E-state index contributed by atoms with van der Waals surface area (Å²) in [5, 5.41) is 29.7. The Morgan fingerprint density at radius 2 is 0.562 bits per heavy atom. The fourth-order valence-corrected chi connectivity index (χ4v) is 2.22. The molecule has 0 aromatic rings. The van der Waals surface area contributed by atoms with Gasteiger partial charge in [0.05, 0.1) is 0 Å². The summed E-state index contributed by atoms with van der Waals surface area (Å²) in [7, 11) is 0. The highest BCUT2D eigenvalue weighted by atomic mass is 16.4. The third-order valence-corrected chi connectivity index (χ3v) is 2.89. The molecule has 0 aromatic carbocycles. The third-order valence-electron chi connectivity index (χ3n) is 2.89. The monoisotopic (exact) mass is 468 g/mol. The first-order valence-electron chi connectivity index (χ1n) is 10.9. The van der Waals surface area contributed by atoms with E-state index in [-0.39, 0.29) is 0 Å². The van der Waals surface area contributed by atoms with Crippen LogP contribution in [0.1, 0.15) is 81.1 Å². The minimum absolute atomic E-state index is 0.833. The van der Waals surface area contributed by atoms with Gasteiger partial charge in [0.1, 0.15) is 0 Å². The van der Waals surface area contributed by atoms with E-state index in [4.69, 9.17) is 39.6 Å². The lowest BCUT2D eigenvalue weighted by molar-refractivity contribution is -0.135. The van der Waals surface area contributed by atoms with Gasteiger partial charge in [-0.1, -0.05) is 27.7 Å². The van der Waals surface area contributed by atoms with Crippen molar-refractivity contribution in [1.29, 1.82) is 0 Å². The van der Waals surface area contributed by atoms with E-state index in [9.17, 15) is 0 Å². The number of carboxylic acids is 4. The van der Waals surface area contributed by atoms with E-state index in [0.717, 1.165) is 27.7 Å². The fourth-order valence-electron chi connectivity index (χ4n) is 2.22. The van der Waals surface area contributed by atoms with Gasteiger partial charge in [0.25, 0.3) is 23.9 Å². The maximum Gasteiger partial charge on any atom is 0.300 e. The molecule has 32 heavy (non-hydrogen) atoms. The van der Waals surface area contributed by atoms with Crippen molar-refractivity contribution in [2.75, 3.05) is 39.3 Å². The van der Waals surface area contributed by atoms with Gasteiger partial charge in [-0.25, -0.2) is 0 Å².